The number of carbonyl (C=O) groups excluding carboxylic acids is 1. The molecule has 15 heteroatoms. The highest BCUT2D eigenvalue weighted by molar-refractivity contribution is 7.92. The molecule has 14 nitrogen and oxygen atoms in total. The molecule has 0 aliphatic rings. The maximum absolute atomic E-state index is 13.5. The third-order valence-electron chi connectivity index (χ3n) is 5.89. The second-order valence-electron chi connectivity index (χ2n) is 9.10. The maximum atomic E-state index is 13.5. The molecular weight excluding hydrogens is 602 g/mol. The largest absolute Gasteiger partial charge is 0.493 e. The molecule has 230 valence electrons. The van der Waals surface area contributed by atoms with Crippen LogP contribution in [-0.2, 0) is 14.8 Å². The molecule has 0 aliphatic heterocycles. The van der Waals surface area contributed by atoms with Gasteiger partial charge < -0.3 is 18.9 Å². The molecule has 0 bridgehead atoms. The summed E-state index contributed by atoms with van der Waals surface area (Å²) < 4.78 is 52.1. The molecule has 2 N–H and O–H groups in total. The predicted octanol–water partition coefficient (Wildman–Crippen LogP) is 4.87. The number of amides is 1. The molecule has 0 fully saturated rings. The first-order valence-corrected chi connectivity index (χ1v) is 14.9. The molecule has 2 aromatic carbocycles. The number of aromatic nitrogens is 5. The Bertz CT molecular complexity index is 1860. The van der Waals surface area contributed by atoms with E-state index in [0.717, 1.165) is 5.56 Å². The monoisotopic (exact) mass is 629 g/mol. The molecule has 45 heavy (non-hydrogen) atoms. The summed E-state index contributed by atoms with van der Waals surface area (Å²) in [5.74, 6) is 0.273. The van der Waals surface area contributed by atoms with Crippen molar-refractivity contribution in [2.45, 2.75) is 11.8 Å². The van der Waals surface area contributed by atoms with Crippen molar-refractivity contribution in [3.05, 3.63) is 97.0 Å². The minimum absolute atomic E-state index is 0.0118. The SMILES string of the molecule is COc1ccccc1Oc1c(NS(=O)(=O)c2ccc(C)cc2)nc(-c2ncccn2)nc1OCCOC(=O)Nc1ccccn1. The fourth-order valence-electron chi connectivity index (χ4n) is 3.77. The fourth-order valence-corrected chi connectivity index (χ4v) is 4.78. The number of rotatable bonds is 12. The Morgan fingerprint density at radius 3 is 2.22 bits per heavy atom. The van der Waals surface area contributed by atoms with Gasteiger partial charge in [0.05, 0.1) is 12.0 Å². The van der Waals surface area contributed by atoms with Gasteiger partial charge in [0.15, 0.2) is 23.1 Å². The van der Waals surface area contributed by atoms with E-state index in [1.54, 1.807) is 60.7 Å². The van der Waals surface area contributed by atoms with Crippen LogP contribution < -0.4 is 24.2 Å². The Kier molecular flexibility index (Phi) is 9.59. The van der Waals surface area contributed by atoms with E-state index in [1.807, 2.05) is 6.92 Å². The minimum atomic E-state index is -4.17. The average Bonchev–Trinajstić information content (AvgIpc) is 3.05. The van der Waals surface area contributed by atoms with Crippen LogP contribution in [0.25, 0.3) is 11.6 Å². The van der Waals surface area contributed by atoms with Gasteiger partial charge in [-0.2, -0.15) is 4.98 Å². The van der Waals surface area contributed by atoms with Crippen LogP contribution >= 0.6 is 0 Å². The lowest BCUT2D eigenvalue weighted by Crippen LogP contribution is -2.19. The third-order valence-corrected chi connectivity index (χ3v) is 7.25. The number of anilines is 2. The van der Waals surface area contributed by atoms with Gasteiger partial charge in [0.2, 0.25) is 11.6 Å². The fraction of sp³-hybridized carbons (Fsp3) is 0.133. The number of benzene rings is 2. The summed E-state index contributed by atoms with van der Waals surface area (Å²) >= 11 is 0. The molecule has 1 amide bonds. The van der Waals surface area contributed by atoms with Crippen molar-refractivity contribution in [1.29, 1.82) is 0 Å². The van der Waals surface area contributed by atoms with E-state index in [9.17, 15) is 13.2 Å². The summed E-state index contributed by atoms with van der Waals surface area (Å²) in [6.07, 6.45) is 3.73. The lowest BCUT2D eigenvalue weighted by atomic mass is 10.2. The minimum Gasteiger partial charge on any atom is -0.493 e. The molecule has 0 unspecified atom stereocenters. The summed E-state index contributed by atoms with van der Waals surface area (Å²) in [6.45, 7) is 1.43. The first kappa shape index (κ1) is 30.6. The van der Waals surface area contributed by atoms with E-state index < -0.39 is 16.1 Å². The summed E-state index contributed by atoms with van der Waals surface area (Å²) in [4.78, 5) is 33.4. The highest BCUT2D eigenvalue weighted by atomic mass is 32.2. The first-order valence-electron chi connectivity index (χ1n) is 13.4. The number of hydrogen-bond donors (Lipinski definition) is 2. The van der Waals surface area contributed by atoms with E-state index in [0.29, 0.717) is 11.6 Å². The maximum Gasteiger partial charge on any atom is 0.412 e. The quantitative estimate of drug-likeness (QED) is 0.179. The van der Waals surface area contributed by atoms with Gasteiger partial charge >= 0.3 is 6.09 Å². The molecule has 3 heterocycles. The Labute approximate surface area is 258 Å². The Morgan fingerprint density at radius 2 is 1.51 bits per heavy atom. The van der Waals surface area contributed by atoms with Gasteiger partial charge in [-0.1, -0.05) is 35.9 Å². The number of sulfonamides is 1. The summed E-state index contributed by atoms with van der Waals surface area (Å²) in [5.41, 5.74) is 0.881. The molecular formula is C30H27N7O7S. The molecule has 0 aliphatic carbocycles. The van der Waals surface area contributed by atoms with Crippen LogP contribution in [0.3, 0.4) is 0 Å². The highest BCUT2D eigenvalue weighted by Gasteiger charge is 2.26. The molecule has 0 spiro atoms. The zero-order chi connectivity index (χ0) is 31.6. The Hall–Kier alpha value is -5.83. The zero-order valence-electron chi connectivity index (χ0n) is 24.1. The standard InChI is InChI=1S/C30H27N7O7S/c1-20-11-13-21(14-12-20)45(39,40)37-26-25(44-23-9-4-3-8-22(23)41-2)29(36-28(35-26)27-32-16-7-17-33-27)42-18-19-43-30(38)34-24-10-5-6-15-31-24/h3-17H,18-19H2,1-2H3,(H,31,34,38)(H,35,36,37). The van der Waals surface area contributed by atoms with Gasteiger partial charge in [-0.3, -0.25) is 10.0 Å². The van der Waals surface area contributed by atoms with E-state index in [4.69, 9.17) is 18.9 Å². The molecule has 0 atom stereocenters. The van der Waals surface area contributed by atoms with Crippen molar-refractivity contribution in [1.82, 2.24) is 24.9 Å². The molecule has 0 saturated carbocycles. The molecule has 5 rings (SSSR count). The number of nitrogens with one attached hydrogen (secondary N) is 2. The van der Waals surface area contributed by atoms with Crippen molar-refractivity contribution in [2.75, 3.05) is 30.4 Å². The second kappa shape index (κ2) is 14.1. The van der Waals surface area contributed by atoms with Crippen molar-refractivity contribution >= 4 is 27.8 Å². The normalized spacial score (nSPS) is 10.9. The number of hydrogen-bond acceptors (Lipinski definition) is 12. The summed E-state index contributed by atoms with van der Waals surface area (Å²) in [5, 5.41) is 2.50. The molecule has 0 saturated heterocycles. The predicted molar refractivity (Wildman–Crippen MR) is 163 cm³/mol. The van der Waals surface area contributed by atoms with Crippen molar-refractivity contribution in [3.8, 4) is 34.8 Å². The first-order chi connectivity index (χ1) is 21.8. The van der Waals surface area contributed by atoms with Gasteiger partial charge in [0.25, 0.3) is 15.9 Å². The van der Waals surface area contributed by atoms with Crippen LogP contribution in [0.1, 0.15) is 5.56 Å². The highest BCUT2D eigenvalue weighted by Crippen LogP contribution is 2.41. The lowest BCUT2D eigenvalue weighted by Gasteiger charge is -2.18. The second-order valence-corrected chi connectivity index (χ2v) is 10.8. The van der Waals surface area contributed by atoms with E-state index >= 15 is 0 Å². The van der Waals surface area contributed by atoms with Gasteiger partial charge in [0, 0.05) is 18.6 Å². The van der Waals surface area contributed by atoms with Crippen LogP contribution in [-0.4, -0.2) is 59.8 Å². The average molecular weight is 630 g/mol. The van der Waals surface area contributed by atoms with Gasteiger partial charge in [-0.15, -0.1) is 0 Å². The Balaban J connectivity index is 1.50. The van der Waals surface area contributed by atoms with E-state index in [2.05, 4.69) is 35.0 Å². The van der Waals surface area contributed by atoms with Crippen molar-refractivity contribution in [3.63, 3.8) is 0 Å². The topological polar surface area (TPSA) is 177 Å². The number of nitrogens with zero attached hydrogens (tertiary/aromatic N) is 5. The van der Waals surface area contributed by atoms with Crippen molar-refractivity contribution in [2.24, 2.45) is 0 Å². The molecule has 3 aromatic heterocycles. The van der Waals surface area contributed by atoms with Gasteiger partial charge in [-0.05, 0) is 49.4 Å². The van der Waals surface area contributed by atoms with Crippen LogP contribution in [0.15, 0.2) is 96.3 Å². The lowest BCUT2D eigenvalue weighted by molar-refractivity contribution is 0.135. The molecule has 0 radical (unpaired) electrons. The summed E-state index contributed by atoms with van der Waals surface area (Å²) in [7, 11) is -2.72. The van der Waals surface area contributed by atoms with Crippen molar-refractivity contribution < 1.29 is 32.2 Å². The number of aryl methyl sites for hydroxylation is 1. The van der Waals surface area contributed by atoms with Crippen LogP contribution in [0.5, 0.6) is 23.1 Å². The van der Waals surface area contributed by atoms with Crippen LogP contribution in [0.4, 0.5) is 16.4 Å². The van der Waals surface area contributed by atoms with Crippen LogP contribution in [0.2, 0.25) is 0 Å². The number of methoxy groups -OCH3 is 1. The number of para-hydroxylation sites is 2. The number of carbonyl (C=O) groups is 1. The zero-order valence-corrected chi connectivity index (χ0v) is 24.9. The van der Waals surface area contributed by atoms with Gasteiger partial charge in [0.1, 0.15) is 19.0 Å². The molecule has 5 aromatic rings. The Morgan fingerprint density at radius 1 is 0.800 bits per heavy atom. The third kappa shape index (κ3) is 7.97. The number of ether oxygens (including phenoxy) is 4. The smallest absolute Gasteiger partial charge is 0.412 e. The summed E-state index contributed by atoms with van der Waals surface area (Å²) in [6, 6.07) is 19.6. The van der Waals surface area contributed by atoms with E-state index in [1.165, 1.54) is 37.8 Å². The van der Waals surface area contributed by atoms with Crippen LogP contribution in [0, 0.1) is 6.92 Å². The van der Waals surface area contributed by atoms with E-state index in [-0.39, 0.29) is 53.0 Å². The van der Waals surface area contributed by atoms with Gasteiger partial charge in [-0.25, -0.2) is 33.1 Å². The number of pyridine rings is 1.